The van der Waals surface area contributed by atoms with Crippen LogP contribution in [0.1, 0.15) is 24.1 Å². The van der Waals surface area contributed by atoms with Crippen molar-refractivity contribution in [2.24, 2.45) is 4.99 Å². The summed E-state index contributed by atoms with van der Waals surface area (Å²) in [7, 11) is 0. The molecule has 1 amide bonds. The first-order chi connectivity index (χ1) is 14.1. The van der Waals surface area contributed by atoms with E-state index in [-0.39, 0.29) is 17.7 Å². The van der Waals surface area contributed by atoms with E-state index in [0.29, 0.717) is 10.1 Å². The number of thioether (sulfide) groups is 1. The Morgan fingerprint density at radius 2 is 1.66 bits per heavy atom. The van der Waals surface area contributed by atoms with Crippen LogP contribution in [0.25, 0.3) is 6.08 Å². The number of phenolic OH excluding ortho intramolecular Hbond substituents is 1. The van der Waals surface area contributed by atoms with Gasteiger partial charge in [0, 0.05) is 0 Å². The normalized spacial score (nSPS) is 17.8. The number of aliphatic imine (C=N–C) groups is 1. The molecular formula is C24H20N2O2S. The van der Waals surface area contributed by atoms with Gasteiger partial charge in [0.15, 0.2) is 5.17 Å². The van der Waals surface area contributed by atoms with Crippen LogP contribution in [0.2, 0.25) is 0 Å². The zero-order chi connectivity index (χ0) is 20.2. The van der Waals surface area contributed by atoms with Crippen LogP contribution in [-0.2, 0) is 4.79 Å². The summed E-state index contributed by atoms with van der Waals surface area (Å²) >= 11 is 1.35. The number of benzene rings is 3. The monoisotopic (exact) mass is 400 g/mol. The van der Waals surface area contributed by atoms with Crippen molar-refractivity contribution >= 4 is 34.6 Å². The number of aromatic hydroxyl groups is 1. The molecule has 1 N–H and O–H groups in total. The average molecular weight is 401 g/mol. The van der Waals surface area contributed by atoms with E-state index in [9.17, 15) is 9.90 Å². The maximum Gasteiger partial charge on any atom is 0.267 e. The number of amidine groups is 1. The fourth-order valence-electron chi connectivity index (χ4n) is 3.17. The van der Waals surface area contributed by atoms with Gasteiger partial charge in [0.05, 0.1) is 16.6 Å². The molecule has 3 aromatic carbocycles. The zero-order valence-corrected chi connectivity index (χ0v) is 16.7. The summed E-state index contributed by atoms with van der Waals surface area (Å²) in [6, 6.07) is 26.3. The number of hydrogen-bond acceptors (Lipinski definition) is 4. The second kappa shape index (κ2) is 8.37. The van der Waals surface area contributed by atoms with Gasteiger partial charge in [0.1, 0.15) is 5.75 Å². The highest BCUT2D eigenvalue weighted by atomic mass is 32.2. The standard InChI is InChI=1S/C24H20N2O2S/c1-17(19-10-4-2-5-11-19)26-23(28)22(16-18-9-8-14-21(27)15-18)29-24(26)25-20-12-6-3-7-13-20/h2-17,27H,1H3/b22-16+,25-24?/t17-/m1/s1. The third kappa shape index (κ3) is 4.25. The molecule has 5 heteroatoms. The van der Waals surface area contributed by atoms with E-state index >= 15 is 0 Å². The quantitative estimate of drug-likeness (QED) is 0.567. The minimum absolute atomic E-state index is 0.0932. The molecule has 1 heterocycles. The Hall–Kier alpha value is -3.31. The minimum atomic E-state index is -0.159. The Labute approximate surface area is 174 Å². The maximum atomic E-state index is 13.3. The lowest BCUT2D eigenvalue weighted by atomic mass is 10.1. The first-order valence-electron chi connectivity index (χ1n) is 9.32. The van der Waals surface area contributed by atoms with Gasteiger partial charge >= 0.3 is 0 Å². The van der Waals surface area contributed by atoms with Crippen molar-refractivity contribution in [2.45, 2.75) is 13.0 Å². The van der Waals surface area contributed by atoms with Crippen molar-refractivity contribution in [3.05, 3.63) is 101 Å². The van der Waals surface area contributed by atoms with Crippen LogP contribution in [0, 0.1) is 0 Å². The molecule has 0 spiro atoms. The van der Waals surface area contributed by atoms with E-state index in [4.69, 9.17) is 4.99 Å². The van der Waals surface area contributed by atoms with E-state index in [1.165, 1.54) is 11.8 Å². The molecule has 4 nitrogen and oxygen atoms in total. The van der Waals surface area contributed by atoms with Gasteiger partial charge in [-0.15, -0.1) is 0 Å². The van der Waals surface area contributed by atoms with E-state index in [1.807, 2.05) is 73.7 Å². The highest BCUT2D eigenvalue weighted by molar-refractivity contribution is 8.18. The van der Waals surface area contributed by atoms with Crippen LogP contribution >= 0.6 is 11.8 Å². The Kier molecular flexibility index (Phi) is 5.49. The number of nitrogens with zero attached hydrogens (tertiary/aromatic N) is 2. The molecule has 1 fully saturated rings. The molecule has 0 radical (unpaired) electrons. The fourth-order valence-corrected chi connectivity index (χ4v) is 4.23. The lowest BCUT2D eigenvalue weighted by Gasteiger charge is -2.24. The van der Waals surface area contributed by atoms with Gasteiger partial charge in [-0.25, -0.2) is 4.99 Å². The van der Waals surface area contributed by atoms with Gasteiger partial charge in [-0.2, -0.15) is 0 Å². The second-order valence-corrected chi connectivity index (χ2v) is 7.71. The molecule has 1 saturated heterocycles. The van der Waals surface area contributed by atoms with E-state index < -0.39 is 0 Å². The van der Waals surface area contributed by atoms with Crippen LogP contribution in [0.5, 0.6) is 5.75 Å². The van der Waals surface area contributed by atoms with Gasteiger partial charge in [-0.1, -0.05) is 60.7 Å². The van der Waals surface area contributed by atoms with Gasteiger partial charge in [0.2, 0.25) is 0 Å². The Morgan fingerprint density at radius 3 is 2.34 bits per heavy atom. The Balaban J connectivity index is 1.75. The molecule has 0 aliphatic carbocycles. The fraction of sp³-hybridized carbons (Fsp3) is 0.0833. The van der Waals surface area contributed by atoms with Crippen molar-refractivity contribution in [1.29, 1.82) is 0 Å². The lowest BCUT2D eigenvalue weighted by Crippen LogP contribution is -2.32. The van der Waals surface area contributed by atoms with Gasteiger partial charge in [-0.05, 0) is 60.2 Å². The molecule has 0 unspecified atom stereocenters. The number of carbonyl (C=O) groups excluding carboxylic acids is 1. The summed E-state index contributed by atoms with van der Waals surface area (Å²) in [6.45, 7) is 2.01. The Bertz CT molecular complexity index is 1080. The largest absolute Gasteiger partial charge is 0.508 e. The average Bonchev–Trinajstić information content (AvgIpc) is 3.03. The summed E-state index contributed by atoms with van der Waals surface area (Å²) in [6.07, 6.45) is 1.80. The molecule has 3 aromatic rings. The summed E-state index contributed by atoms with van der Waals surface area (Å²) in [5, 5.41) is 10.4. The Morgan fingerprint density at radius 1 is 0.966 bits per heavy atom. The molecule has 0 bridgehead atoms. The van der Waals surface area contributed by atoms with Crippen molar-refractivity contribution in [1.82, 2.24) is 4.90 Å². The highest BCUT2D eigenvalue weighted by Crippen LogP contribution is 2.39. The minimum Gasteiger partial charge on any atom is -0.508 e. The van der Waals surface area contributed by atoms with Gasteiger partial charge in [0.25, 0.3) is 5.91 Å². The zero-order valence-electron chi connectivity index (χ0n) is 15.9. The number of phenols is 1. The smallest absolute Gasteiger partial charge is 0.267 e. The first-order valence-corrected chi connectivity index (χ1v) is 10.1. The summed E-state index contributed by atoms with van der Waals surface area (Å²) in [5.41, 5.74) is 2.61. The van der Waals surface area contributed by atoms with Crippen LogP contribution in [0.15, 0.2) is 94.8 Å². The lowest BCUT2D eigenvalue weighted by molar-refractivity contribution is -0.123. The van der Waals surface area contributed by atoms with Crippen LogP contribution in [0.3, 0.4) is 0 Å². The van der Waals surface area contributed by atoms with Crippen molar-refractivity contribution < 1.29 is 9.90 Å². The topological polar surface area (TPSA) is 52.9 Å². The van der Waals surface area contributed by atoms with Crippen LogP contribution in [0.4, 0.5) is 5.69 Å². The summed E-state index contributed by atoms with van der Waals surface area (Å²) in [5.74, 6) is 0.0758. The number of rotatable bonds is 4. The predicted molar refractivity (Wildman–Crippen MR) is 119 cm³/mol. The number of carbonyl (C=O) groups is 1. The molecule has 1 aliphatic heterocycles. The van der Waals surface area contributed by atoms with Gasteiger partial charge < -0.3 is 5.11 Å². The number of amides is 1. The van der Waals surface area contributed by atoms with E-state index in [1.54, 1.807) is 29.2 Å². The molecule has 1 aliphatic rings. The van der Waals surface area contributed by atoms with Crippen molar-refractivity contribution in [3.63, 3.8) is 0 Å². The van der Waals surface area contributed by atoms with Crippen molar-refractivity contribution in [2.75, 3.05) is 0 Å². The maximum absolute atomic E-state index is 13.3. The number of hydrogen-bond donors (Lipinski definition) is 1. The molecule has 1 atom stereocenters. The number of para-hydroxylation sites is 1. The molecule has 144 valence electrons. The van der Waals surface area contributed by atoms with Crippen LogP contribution < -0.4 is 0 Å². The SMILES string of the molecule is C[C@H](c1ccccc1)N1C(=O)/C(=C\c2cccc(O)c2)SC1=Nc1ccccc1. The molecule has 29 heavy (non-hydrogen) atoms. The van der Waals surface area contributed by atoms with E-state index in [0.717, 1.165) is 16.8 Å². The first kappa shape index (κ1) is 19.0. The summed E-state index contributed by atoms with van der Waals surface area (Å²) in [4.78, 5) is 20.4. The second-order valence-electron chi connectivity index (χ2n) is 6.70. The molecule has 0 aromatic heterocycles. The third-order valence-electron chi connectivity index (χ3n) is 4.66. The van der Waals surface area contributed by atoms with Gasteiger partial charge in [-0.3, -0.25) is 9.69 Å². The third-order valence-corrected chi connectivity index (χ3v) is 5.64. The molecule has 4 rings (SSSR count). The molecular weight excluding hydrogens is 380 g/mol. The predicted octanol–water partition coefficient (Wildman–Crippen LogP) is 5.76. The summed E-state index contributed by atoms with van der Waals surface area (Å²) < 4.78 is 0. The highest BCUT2D eigenvalue weighted by Gasteiger charge is 2.37. The molecule has 0 saturated carbocycles. The van der Waals surface area contributed by atoms with Crippen LogP contribution in [-0.4, -0.2) is 21.1 Å². The van der Waals surface area contributed by atoms with Crippen molar-refractivity contribution in [3.8, 4) is 5.75 Å². The van der Waals surface area contributed by atoms with E-state index in [2.05, 4.69) is 0 Å².